The third-order valence-electron chi connectivity index (χ3n) is 3.42. The first-order valence-corrected chi connectivity index (χ1v) is 7.96. The lowest BCUT2D eigenvalue weighted by Gasteiger charge is -2.28. The Balaban J connectivity index is 0.00000225. The molecular weight excluding hydrogens is 383 g/mol. The summed E-state index contributed by atoms with van der Waals surface area (Å²) in [4.78, 5) is 16.4. The van der Waals surface area contributed by atoms with Crippen LogP contribution in [0.2, 0.25) is 0 Å². The highest BCUT2D eigenvalue weighted by Crippen LogP contribution is 2.31. The van der Waals surface area contributed by atoms with Gasteiger partial charge < -0.3 is 20.1 Å². The molecule has 0 radical (unpaired) electrons. The van der Waals surface area contributed by atoms with Crippen LogP contribution in [0.1, 0.15) is 6.92 Å². The number of alkyl halides is 3. The molecule has 1 aromatic carbocycles. The van der Waals surface area contributed by atoms with Gasteiger partial charge in [0.25, 0.3) is 0 Å². The molecule has 6 nitrogen and oxygen atoms in total. The summed E-state index contributed by atoms with van der Waals surface area (Å²) in [5, 5.41) is 6.02. The number of rotatable bonds is 3. The number of morpholine rings is 1. The molecule has 1 saturated heterocycles. The van der Waals surface area contributed by atoms with Crippen LogP contribution in [-0.2, 0) is 9.53 Å². The van der Waals surface area contributed by atoms with Crippen molar-refractivity contribution in [3.05, 3.63) is 18.2 Å². The summed E-state index contributed by atoms with van der Waals surface area (Å²) >= 11 is 1.07. The quantitative estimate of drug-likeness (QED) is 0.833. The fourth-order valence-electron chi connectivity index (χ4n) is 2.37. The summed E-state index contributed by atoms with van der Waals surface area (Å²) < 4.78 is 46.5. The van der Waals surface area contributed by atoms with E-state index in [1.807, 2.05) is 0 Å². The maximum Gasteiger partial charge on any atom is 0.573 e. The van der Waals surface area contributed by atoms with Gasteiger partial charge in [0.15, 0.2) is 5.13 Å². The lowest BCUT2D eigenvalue weighted by Crippen LogP contribution is -2.53. The summed E-state index contributed by atoms with van der Waals surface area (Å²) in [6.07, 6.45) is -5.03. The van der Waals surface area contributed by atoms with Crippen molar-refractivity contribution in [2.24, 2.45) is 0 Å². The van der Waals surface area contributed by atoms with E-state index in [0.29, 0.717) is 28.5 Å². The molecule has 1 fully saturated rings. The lowest BCUT2D eigenvalue weighted by atomic mass is 10.1. The third-order valence-corrected chi connectivity index (χ3v) is 4.36. The smallest absolute Gasteiger partial charge is 0.406 e. The normalized spacial score (nSPS) is 20.8. The van der Waals surface area contributed by atoms with Crippen LogP contribution in [-0.4, -0.2) is 42.6 Å². The number of carbonyl (C=O) groups excluding carboxylic acids is 1. The summed E-state index contributed by atoms with van der Waals surface area (Å²) in [7, 11) is 0. The van der Waals surface area contributed by atoms with Gasteiger partial charge in [-0.25, -0.2) is 4.98 Å². The van der Waals surface area contributed by atoms with Crippen LogP contribution in [0, 0.1) is 0 Å². The molecule has 2 N–H and O–H groups in total. The van der Waals surface area contributed by atoms with Gasteiger partial charge in [0.2, 0.25) is 5.91 Å². The van der Waals surface area contributed by atoms with E-state index in [-0.39, 0.29) is 30.2 Å². The van der Waals surface area contributed by atoms with Crippen molar-refractivity contribution in [3.63, 3.8) is 0 Å². The number of nitrogens with one attached hydrogen (secondary N) is 2. The number of hydrogen-bond acceptors (Lipinski definition) is 6. The first-order chi connectivity index (χ1) is 11.3. The number of hydrogen-bond donors (Lipinski definition) is 2. The molecule has 2 heterocycles. The molecule has 0 unspecified atom stereocenters. The zero-order chi connectivity index (χ0) is 17.3. The zero-order valence-corrected chi connectivity index (χ0v) is 14.6. The largest absolute Gasteiger partial charge is 0.573 e. The van der Waals surface area contributed by atoms with Crippen molar-refractivity contribution in [1.82, 2.24) is 10.3 Å². The molecule has 138 valence electrons. The number of anilines is 1. The Bertz CT molecular complexity index is 756. The average molecular weight is 398 g/mol. The number of fused-ring (bicyclic) bond motifs is 1. The Hall–Kier alpha value is -1.62. The minimum Gasteiger partial charge on any atom is -0.406 e. The highest BCUT2D eigenvalue weighted by molar-refractivity contribution is 7.22. The number of benzene rings is 1. The number of aromatic nitrogens is 1. The van der Waals surface area contributed by atoms with E-state index in [4.69, 9.17) is 4.74 Å². The number of ether oxygens (including phenoxy) is 2. The second-order valence-corrected chi connectivity index (χ2v) is 6.22. The van der Waals surface area contributed by atoms with Crippen LogP contribution in [0.25, 0.3) is 10.2 Å². The number of nitrogens with zero attached hydrogens (tertiary/aromatic N) is 1. The molecule has 11 heteroatoms. The molecule has 1 aliphatic heterocycles. The zero-order valence-electron chi connectivity index (χ0n) is 12.9. The number of thiazole rings is 1. The summed E-state index contributed by atoms with van der Waals surface area (Å²) in [5.74, 6) is -0.625. The van der Waals surface area contributed by atoms with Crippen LogP contribution in [0.3, 0.4) is 0 Å². The Labute approximate surface area is 151 Å². The van der Waals surface area contributed by atoms with Gasteiger partial charge >= 0.3 is 6.36 Å². The Morgan fingerprint density at radius 2 is 2.24 bits per heavy atom. The molecule has 0 spiro atoms. The SMILES string of the molecule is C[C@H]1OCCN[C@@H]1C(=O)Nc1nc2ccc(OC(F)(F)F)cc2s1.Cl. The Morgan fingerprint density at radius 3 is 2.92 bits per heavy atom. The van der Waals surface area contributed by atoms with Crippen LogP contribution < -0.4 is 15.4 Å². The number of amides is 1. The molecule has 2 aromatic rings. The molecule has 0 bridgehead atoms. The topological polar surface area (TPSA) is 72.5 Å². The summed E-state index contributed by atoms with van der Waals surface area (Å²) in [6, 6.07) is 3.32. The van der Waals surface area contributed by atoms with E-state index in [1.54, 1.807) is 6.92 Å². The molecule has 1 amide bonds. The van der Waals surface area contributed by atoms with E-state index in [0.717, 1.165) is 11.3 Å². The Morgan fingerprint density at radius 1 is 1.48 bits per heavy atom. The summed E-state index contributed by atoms with van der Waals surface area (Å²) in [5.41, 5.74) is 0.478. The van der Waals surface area contributed by atoms with Crippen LogP contribution in [0.4, 0.5) is 18.3 Å². The standard InChI is InChI=1S/C14H14F3N3O3S.ClH/c1-7-11(18-4-5-22-7)12(21)20-13-19-9-3-2-8(6-10(9)24-13)23-14(15,16)17;/h2-3,6-7,11,18H,4-5H2,1H3,(H,19,20,21);1H/t7-,11+;/m1./s1. The average Bonchev–Trinajstić information content (AvgIpc) is 2.87. The van der Waals surface area contributed by atoms with E-state index >= 15 is 0 Å². The van der Waals surface area contributed by atoms with E-state index in [2.05, 4.69) is 20.4 Å². The number of halogens is 4. The van der Waals surface area contributed by atoms with Crippen molar-refractivity contribution in [2.45, 2.75) is 25.4 Å². The van der Waals surface area contributed by atoms with Gasteiger partial charge in [-0.05, 0) is 19.1 Å². The van der Waals surface area contributed by atoms with Gasteiger partial charge in [-0.1, -0.05) is 11.3 Å². The molecule has 0 saturated carbocycles. The Kier molecular flexibility index (Phi) is 6.09. The molecule has 1 aliphatic rings. The molecular formula is C14H15ClF3N3O3S. The maximum absolute atomic E-state index is 12.3. The minimum absolute atomic E-state index is 0. The van der Waals surface area contributed by atoms with E-state index in [1.165, 1.54) is 18.2 Å². The monoisotopic (exact) mass is 397 g/mol. The predicted molar refractivity (Wildman–Crippen MR) is 89.4 cm³/mol. The van der Waals surface area contributed by atoms with Crippen molar-refractivity contribution < 1.29 is 27.4 Å². The highest BCUT2D eigenvalue weighted by atomic mass is 35.5. The van der Waals surface area contributed by atoms with E-state index in [9.17, 15) is 18.0 Å². The second kappa shape index (κ2) is 7.73. The molecule has 3 rings (SSSR count). The van der Waals surface area contributed by atoms with Gasteiger partial charge in [0.1, 0.15) is 11.8 Å². The number of carbonyl (C=O) groups is 1. The maximum atomic E-state index is 12.3. The van der Waals surface area contributed by atoms with Gasteiger partial charge in [-0.15, -0.1) is 25.6 Å². The molecule has 1 aromatic heterocycles. The van der Waals surface area contributed by atoms with Gasteiger partial charge in [0.05, 0.1) is 22.9 Å². The highest BCUT2D eigenvalue weighted by Gasteiger charge is 2.31. The third kappa shape index (κ3) is 4.94. The molecule has 2 atom stereocenters. The molecule has 0 aliphatic carbocycles. The van der Waals surface area contributed by atoms with Gasteiger partial charge in [-0.3, -0.25) is 4.79 Å². The van der Waals surface area contributed by atoms with Crippen LogP contribution >= 0.6 is 23.7 Å². The van der Waals surface area contributed by atoms with Gasteiger partial charge in [-0.2, -0.15) is 0 Å². The molecule has 25 heavy (non-hydrogen) atoms. The minimum atomic E-state index is -4.75. The first kappa shape index (κ1) is 19.7. The van der Waals surface area contributed by atoms with Crippen LogP contribution in [0.15, 0.2) is 18.2 Å². The second-order valence-electron chi connectivity index (χ2n) is 5.19. The van der Waals surface area contributed by atoms with Crippen molar-refractivity contribution in [3.8, 4) is 5.75 Å². The lowest BCUT2D eigenvalue weighted by molar-refractivity contribution is -0.274. The van der Waals surface area contributed by atoms with Crippen molar-refractivity contribution in [1.29, 1.82) is 0 Å². The van der Waals surface area contributed by atoms with Crippen molar-refractivity contribution >= 4 is 45.0 Å². The fraction of sp³-hybridized carbons (Fsp3) is 0.429. The van der Waals surface area contributed by atoms with Crippen LogP contribution in [0.5, 0.6) is 5.75 Å². The fourth-order valence-corrected chi connectivity index (χ4v) is 3.26. The first-order valence-electron chi connectivity index (χ1n) is 7.14. The summed E-state index contributed by atoms with van der Waals surface area (Å²) in [6.45, 7) is 2.89. The van der Waals surface area contributed by atoms with Gasteiger partial charge in [0, 0.05) is 12.6 Å². The van der Waals surface area contributed by atoms with E-state index < -0.39 is 12.4 Å². The predicted octanol–water partition coefficient (Wildman–Crippen LogP) is 2.93. The van der Waals surface area contributed by atoms with Crippen molar-refractivity contribution in [2.75, 3.05) is 18.5 Å².